The van der Waals surface area contributed by atoms with E-state index in [4.69, 9.17) is 10.5 Å². The second-order valence-corrected chi connectivity index (χ2v) is 5.89. The number of methoxy groups -OCH3 is 1. The maximum atomic E-state index is 5.88. The van der Waals surface area contributed by atoms with Gasteiger partial charge in [0.05, 0.1) is 12.1 Å². The third-order valence-electron chi connectivity index (χ3n) is 3.25. The molecule has 0 amide bonds. The second-order valence-electron chi connectivity index (χ2n) is 4.48. The Morgan fingerprint density at radius 3 is 2.87 bits per heavy atom. The molecule has 0 aromatic rings. The number of hydrogen-bond acceptors (Lipinski definition) is 4. The Balaban J connectivity index is 2.58. The van der Waals surface area contributed by atoms with Gasteiger partial charge in [0.25, 0.3) is 0 Å². The molecule has 4 heteroatoms. The minimum absolute atomic E-state index is 0.0170. The van der Waals surface area contributed by atoms with Gasteiger partial charge >= 0.3 is 0 Å². The lowest BCUT2D eigenvalue weighted by atomic mass is 10.0. The van der Waals surface area contributed by atoms with Crippen LogP contribution in [0.25, 0.3) is 0 Å². The molecule has 0 saturated carbocycles. The molecule has 0 aromatic carbocycles. The largest absolute Gasteiger partial charge is 0.383 e. The smallest absolute Gasteiger partial charge is 0.0656 e. The highest BCUT2D eigenvalue weighted by Gasteiger charge is 2.33. The molecule has 0 bridgehead atoms. The van der Waals surface area contributed by atoms with Crippen molar-refractivity contribution in [1.82, 2.24) is 4.90 Å². The first-order valence-corrected chi connectivity index (χ1v) is 6.77. The van der Waals surface area contributed by atoms with Crippen LogP contribution >= 0.6 is 11.8 Å². The summed E-state index contributed by atoms with van der Waals surface area (Å²) in [4.78, 5) is 2.50. The number of ether oxygens (including phenoxy) is 1. The van der Waals surface area contributed by atoms with Crippen LogP contribution in [0.5, 0.6) is 0 Å². The molecule has 2 N–H and O–H groups in total. The zero-order valence-corrected chi connectivity index (χ0v) is 11.0. The van der Waals surface area contributed by atoms with E-state index in [0.717, 1.165) is 24.9 Å². The van der Waals surface area contributed by atoms with Gasteiger partial charge in [-0.15, -0.1) is 0 Å². The van der Waals surface area contributed by atoms with E-state index in [1.165, 1.54) is 12.2 Å². The standard InChI is InChI=1S/C11H24N2OS/c1-4-10-7-13(5-6-15-10)11(2,8-12)9-14-3/h10H,4-9,12H2,1-3H3. The van der Waals surface area contributed by atoms with Gasteiger partial charge in [-0.05, 0) is 13.3 Å². The number of thioether (sulfide) groups is 1. The first-order valence-electron chi connectivity index (χ1n) is 5.72. The Hall–Kier alpha value is 0.230. The van der Waals surface area contributed by atoms with Crippen molar-refractivity contribution < 1.29 is 4.74 Å². The van der Waals surface area contributed by atoms with Gasteiger partial charge < -0.3 is 10.5 Å². The molecule has 0 radical (unpaired) electrons. The number of hydrogen-bond donors (Lipinski definition) is 1. The summed E-state index contributed by atoms with van der Waals surface area (Å²) in [7, 11) is 1.75. The van der Waals surface area contributed by atoms with Crippen LogP contribution in [0.4, 0.5) is 0 Å². The number of rotatable bonds is 5. The van der Waals surface area contributed by atoms with Gasteiger partial charge in [0.15, 0.2) is 0 Å². The van der Waals surface area contributed by atoms with E-state index in [9.17, 15) is 0 Å². The molecule has 1 rings (SSSR count). The lowest BCUT2D eigenvalue weighted by molar-refractivity contribution is 0.0289. The van der Waals surface area contributed by atoms with E-state index < -0.39 is 0 Å². The molecule has 90 valence electrons. The summed E-state index contributed by atoms with van der Waals surface area (Å²) >= 11 is 2.09. The fraction of sp³-hybridized carbons (Fsp3) is 1.00. The average Bonchev–Trinajstić information content (AvgIpc) is 2.29. The molecule has 2 atom stereocenters. The molecule has 2 unspecified atom stereocenters. The van der Waals surface area contributed by atoms with Crippen LogP contribution in [-0.4, -0.2) is 54.8 Å². The van der Waals surface area contributed by atoms with E-state index in [1.54, 1.807) is 7.11 Å². The van der Waals surface area contributed by atoms with Gasteiger partial charge in [0.2, 0.25) is 0 Å². The second kappa shape index (κ2) is 6.09. The summed E-state index contributed by atoms with van der Waals surface area (Å²) in [6.45, 7) is 8.15. The quantitative estimate of drug-likeness (QED) is 0.772. The minimum atomic E-state index is 0.0170. The molecule has 0 aliphatic carbocycles. The topological polar surface area (TPSA) is 38.5 Å². The first-order chi connectivity index (χ1) is 7.16. The average molecular weight is 232 g/mol. The normalized spacial score (nSPS) is 27.6. The Bertz CT molecular complexity index is 191. The third-order valence-corrected chi connectivity index (χ3v) is 4.62. The van der Waals surface area contributed by atoms with Gasteiger partial charge in [-0.1, -0.05) is 6.92 Å². The first kappa shape index (κ1) is 13.3. The molecular formula is C11H24N2OS. The van der Waals surface area contributed by atoms with Gasteiger partial charge in [0.1, 0.15) is 0 Å². The van der Waals surface area contributed by atoms with Crippen LogP contribution in [0.2, 0.25) is 0 Å². The summed E-state index contributed by atoms with van der Waals surface area (Å²) < 4.78 is 5.29. The summed E-state index contributed by atoms with van der Waals surface area (Å²) in [6, 6.07) is 0. The minimum Gasteiger partial charge on any atom is -0.383 e. The summed E-state index contributed by atoms with van der Waals surface area (Å²) in [5.41, 5.74) is 5.90. The lowest BCUT2D eigenvalue weighted by Gasteiger charge is -2.44. The van der Waals surface area contributed by atoms with Gasteiger partial charge in [-0.25, -0.2) is 0 Å². The summed E-state index contributed by atoms with van der Waals surface area (Å²) in [5, 5.41) is 0.765. The molecule has 0 aromatic heterocycles. The van der Waals surface area contributed by atoms with E-state index in [0.29, 0.717) is 6.54 Å². The maximum Gasteiger partial charge on any atom is 0.0656 e. The molecule has 1 heterocycles. The molecule has 15 heavy (non-hydrogen) atoms. The third kappa shape index (κ3) is 3.34. The maximum absolute atomic E-state index is 5.88. The Kier molecular flexibility index (Phi) is 5.39. The molecule has 1 saturated heterocycles. The molecule has 3 nitrogen and oxygen atoms in total. The van der Waals surface area contributed by atoms with Crippen LogP contribution in [-0.2, 0) is 4.74 Å². The Labute approximate surface area is 97.7 Å². The highest BCUT2D eigenvalue weighted by Crippen LogP contribution is 2.26. The predicted octanol–water partition coefficient (Wildman–Crippen LogP) is 1.18. The highest BCUT2D eigenvalue weighted by molar-refractivity contribution is 8.00. The predicted molar refractivity (Wildman–Crippen MR) is 67.4 cm³/mol. The van der Waals surface area contributed by atoms with Gasteiger partial charge in [-0.3, -0.25) is 4.90 Å². The zero-order valence-electron chi connectivity index (χ0n) is 10.2. The lowest BCUT2D eigenvalue weighted by Crippen LogP contribution is -2.58. The summed E-state index contributed by atoms with van der Waals surface area (Å²) in [5.74, 6) is 1.22. The van der Waals surface area contributed by atoms with Crippen molar-refractivity contribution in [1.29, 1.82) is 0 Å². The molecule has 0 spiro atoms. The van der Waals surface area contributed by atoms with Crippen LogP contribution in [0.15, 0.2) is 0 Å². The van der Waals surface area contributed by atoms with E-state index in [1.807, 2.05) is 0 Å². The molecule has 1 aliphatic heterocycles. The van der Waals surface area contributed by atoms with Crippen LogP contribution in [0.3, 0.4) is 0 Å². The van der Waals surface area contributed by atoms with Crippen molar-refractivity contribution in [3.8, 4) is 0 Å². The van der Waals surface area contributed by atoms with Crippen LogP contribution in [0.1, 0.15) is 20.3 Å². The zero-order chi connectivity index (χ0) is 11.3. The van der Waals surface area contributed by atoms with E-state index >= 15 is 0 Å². The van der Waals surface area contributed by atoms with Crippen molar-refractivity contribution in [3.05, 3.63) is 0 Å². The van der Waals surface area contributed by atoms with Crippen LogP contribution < -0.4 is 5.73 Å². The number of nitrogens with two attached hydrogens (primary N) is 1. The van der Waals surface area contributed by atoms with E-state index in [2.05, 4.69) is 30.5 Å². The molecular weight excluding hydrogens is 208 g/mol. The molecule has 1 fully saturated rings. The van der Waals surface area contributed by atoms with Gasteiger partial charge in [-0.2, -0.15) is 11.8 Å². The van der Waals surface area contributed by atoms with E-state index in [-0.39, 0.29) is 5.54 Å². The SMILES string of the molecule is CCC1CN(C(C)(CN)COC)CCS1. The van der Waals surface area contributed by atoms with Crippen LogP contribution in [0, 0.1) is 0 Å². The highest BCUT2D eigenvalue weighted by atomic mass is 32.2. The van der Waals surface area contributed by atoms with Crippen molar-refractivity contribution in [3.63, 3.8) is 0 Å². The fourth-order valence-electron chi connectivity index (χ4n) is 2.05. The van der Waals surface area contributed by atoms with Gasteiger partial charge in [0, 0.05) is 37.7 Å². The van der Waals surface area contributed by atoms with Crippen molar-refractivity contribution in [2.45, 2.75) is 31.1 Å². The monoisotopic (exact) mass is 232 g/mol. The Morgan fingerprint density at radius 2 is 2.33 bits per heavy atom. The van der Waals surface area contributed by atoms with Crippen molar-refractivity contribution in [2.24, 2.45) is 5.73 Å². The summed E-state index contributed by atoms with van der Waals surface area (Å²) in [6.07, 6.45) is 1.24. The molecule has 1 aliphatic rings. The Morgan fingerprint density at radius 1 is 1.60 bits per heavy atom. The van der Waals surface area contributed by atoms with Crippen molar-refractivity contribution >= 4 is 11.8 Å². The number of nitrogens with zero attached hydrogens (tertiary/aromatic N) is 1. The fourth-order valence-corrected chi connectivity index (χ4v) is 3.23. The van der Waals surface area contributed by atoms with Crippen molar-refractivity contribution in [2.75, 3.05) is 39.1 Å².